The van der Waals surface area contributed by atoms with Crippen molar-refractivity contribution in [2.24, 2.45) is 0 Å². The Morgan fingerprint density at radius 3 is 2.24 bits per heavy atom. The molecule has 0 amide bonds. The lowest BCUT2D eigenvalue weighted by Gasteiger charge is -2.36. The summed E-state index contributed by atoms with van der Waals surface area (Å²) in [4.78, 5) is 17.6. The highest BCUT2D eigenvalue weighted by atomic mass is 16.5. The van der Waals surface area contributed by atoms with E-state index < -0.39 is 5.63 Å². The van der Waals surface area contributed by atoms with Crippen LogP contribution < -0.4 is 24.7 Å². The van der Waals surface area contributed by atoms with Crippen molar-refractivity contribution in [2.75, 3.05) is 52.4 Å². The third-order valence-electron chi connectivity index (χ3n) is 6.87. The van der Waals surface area contributed by atoms with Crippen molar-refractivity contribution in [3.8, 4) is 34.1 Å². The van der Waals surface area contributed by atoms with E-state index in [9.17, 15) is 9.90 Å². The first-order valence-electron chi connectivity index (χ1n) is 12.1. The lowest BCUT2D eigenvalue weighted by atomic mass is 10.0. The fourth-order valence-electron chi connectivity index (χ4n) is 4.77. The molecule has 0 unspecified atom stereocenters. The van der Waals surface area contributed by atoms with Gasteiger partial charge in [-0.3, -0.25) is 4.90 Å². The summed E-state index contributed by atoms with van der Waals surface area (Å²) >= 11 is 0. The van der Waals surface area contributed by atoms with Crippen LogP contribution in [0.2, 0.25) is 0 Å². The Labute approximate surface area is 215 Å². The molecule has 0 bridgehead atoms. The lowest BCUT2D eigenvalue weighted by Crippen LogP contribution is -2.46. The average molecular weight is 503 g/mol. The van der Waals surface area contributed by atoms with Crippen molar-refractivity contribution < 1.29 is 23.7 Å². The van der Waals surface area contributed by atoms with E-state index in [0.717, 1.165) is 43.0 Å². The number of hydrogen-bond donors (Lipinski definition) is 1. The first kappa shape index (κ1) is 24.5. The van der Waals surface area contributed by atoms with Crippen molar-refractivity contribution in [3.05, 3.63) is 76.6 Å². The molecule has 0 spiro atoms. The SMILES string of the molecule is COc1ccc(N2CCN(Cc3c(O)ccc4cc(-c5ccc(OC)c(OC)c5)c(=O)oc34)CC2)cc1. The Balaban J connectivity index is 1.38. The molecule has 1 aliphatic heterocycles. The molecule has 8 heteroatoms. The maximum absolute atomic E-state index is 13.0. The van der Waals surface area contributed by atoms with Crippen LogP contribution in [-0.2, 0) is 6.54 Å². The molecule has 1 N–H and O–H groups in total. The number of methoxy groups -OCH3 is 3. The number of ether oxygens (including phenoxy) is 3. The zero-order chi connectivity index (χ0) is 25.9. The summed E-state index contributed by atoms with van der Waals surface area (Å²) in [5, 5.41) is 11.4. The fraction of sp³-hybridized carbons (Fsp3) is 0.276. The van der Waals surface area contributed by atoms with Gasteiger partial charge in [-0.05, 0) is 60.2 Å². The third kappa shape index (κ3) is 4.93. The average Bonchev–Trinajstić information content (AvgIpc) is 2.94. The highest BCUT2D eigenvalue weighted by Crippen LogP contribution is 2.34. The molecule has 5 rings (SSSR count). The van der Waals surface area contributed by atoms with E-state index in [0.29, 0.717) is 40.3 Å². The van der Waals surface area contributed by atoms with Crippen molar-refractivity contribution in [3.63, 3.8) is 0 Å². The third-order valence-corrected chi connectivity index (χ3v) is 6.87. The molecule has 2 heterocycles. The van der Waals surface area contributed by atoms with Gasteiger partial charge < -0.3 is 28.6 Å². The van der Waals surface area contributed by atoms with Crippen LogP contribution in [0, 0.1) is 0 Å². The summed E-state index contributed by atoms with van der Waals surface area (Å²) in [5.41, 5.74) is 2.78. The van der Waals surface area contributed by atoms with E-state index >= 15 is 0 Å². The first-order valence-corrected chi connectivity index (χ1v) is 12.1. The molecule has 0 aliphatic carbocycles. The minimum Gasteiger partial charge on any atom is -0.507 e. The van der Waals surface area contributed by atoms with Gasteiger partial charge in [0.15, 0.2) is 11.5 Å². The maximum Gasteiger partial charge on any atom is 0.344 e. The highest BCUT2D eigenvalue weighted by Gasteiger charge is 2.21. The van der Waals surface area contributed by atoms with Gasteiger partial charge in [0.1, 0.15) is 17.1 Å². The van der Waals surface area contributed by atoms with Gasteiger partial charge in [0.2, 0.25) is 0 Å². The molecular weight excluding hydrogens is 472 g/mol. The molecular formula is C29H30N2O6. The summed E-state index contributed by atoms with van der Waals surface area (Å²) in [7, 11) is 4.78. The summed E-state index contributed by atoms with van der Waals surface area (Å²) in [6.45, 7) is 3.82. The molecule has 1 aliphatic rings. The summed E-state index contributed by atoms with van der Waals surface area (Å²) in [6.07, 6.45) is 0. The van der Waals surface area contributed by atoms with E-state index in [1.807, 2.05) is 12.1 Å². The van der Waals surface area contributed by atoms with Crippen molar-refractivity contribution in [2.45, 2.75) is 6.54 Å². The van der Waals surface area contributed by atoms with Crippen LogP contribution in [0.3, 0.4) is 0 Å². The van der Waals surface area contributed by atoms with Gasteiger partial charge in [0.25, 0.3) is 0 Å². The number of phenols is 1. The molecule has 192 valence electrons. The highest BCUT2D eigenvalue weighted by molar-refractivity contribution is 5.86. The predicted molar refractivity (Wildman–Crippen MR) is 143 cm³/mol. The number of benzene rings is 3. The number of phenolic OH excluding ortho intramolecular Hbond substituents is 1. The standard InChI is InChI=1S/C29H30N2O6/c1-34-22-8-6-21(7-9-22)31-14-12-30(13-15-31)18-24-25(32)10-4-20-16-23(29(33)37-28(20)24)19-5-11-26(35-2)27(17-19)36-3/h4-11,16-17,32H,12-15,18H2,1-3H3. The number of nitrogens with zero attached hydrogens (tertiary/aromatic N) is 2. The fourth-order valence-corrected chi connectivity index (χ4v) is 4.77. The Hall–Kier alpha value is -4.17. The topological polar surface area (TPSA) is 84.6 Å². The number of fused-ring (bicyclic) bond motifs is 1. The Morgan fingerprint density at radius 2 is 1.57 bits per heavy atom. The largest absolute Gasteiger partial charge is 0.507 e. The van der Waals surface area contributed by atoms with Crippen LogP contribution in [0.15, 0.2) is 69.9 Å². The predicted octanol–water partition coefficient (Wildman–Crippen LogP) is 4.51. The van der Waals surface area contributed by atoms with Gasteiger partial charge in [-0.15, -0.1) is 0 Å². The Morgan fingerprint density at radius 1 is 0.838 bits per heavy atom. The van der Waals surface area contributed by atoms with E-state index in [-0.39, 0.29) is 5.75 Å². The second-order valence-corrected chi connectivity index (χ2v) is 8.96. The molecule has 1 saturated heterocycles. The number of anilines is 1. The quantitative estimate of drug-likeness (QED) is 0.370. The van der Waals surface area contributed by atoms with Crippen LogP contribution in [0.25, 0.3) is 22.1 Å². The van der Waals surface area contributed by atoms with Crippen LogP contribution in [0.1, 0.15) is 5.56 Å². The second-order valence-electron chi connectivity index (χ2n) is 8.96. The van der Waals surface area contributed by atoms with Crippen molar-refractivity contribution in [1.29, 1.82) is 0 Å². The minimum atomic E-state index is -0.476. The molecule has 3 aromatic carbocycles. The molecule has 1 aromatic heterocycles. The zero-order valence-corrected chi connectivity index (χ0v) is 21.2. The Kier molecular flexibility index (Phi) is 6.92. The number of rotatable bonds is 7. The van der Waals surface area contributed by atoms with Gasteiger partial charge in [0.05, 0.1) is 32.5 Å². The van der Waals surface area contributed by atoms with Crippen LogP contribution >= 0.6 is 0 Å². The van der Waals surface area contributed by atoms with Crippen LogP contribution in [0.4, 0.5) is 5.69 Å². The van der Waals surface area contributed by atoms with Gasteiger partial charge in [0, 0.05) is 43.8 Å². The second kappa shape index (κ2) is 10.4. The molecule has 37 heavy (non-hydrogen) atoms. The van der Waals surface area contributed by atoms with Crippen LogP contribution in [0.5, 0.6) is 23.0 Å². The Bertz CT molecular complexity index is 1460. The summed E-state index contributed by atoms with van der Waals surface area (Å²) < 4.78 is 21.7. The lowest BCUT2D eigenvalue weighted by molar-refractivity contribution is 0.246. The summed E-state index contributed by atoms with van der Waals surface area (Å²) in [6, 6.07) is 18.6. The number of aromatic hydroxyl groups is 1. The van der Waals surface area contributed by atoms with Crippen molar-refractivity contribution in [1.82, 2.24) is 4.90 Å². The van der Waals surface area contributed by atoms with Crippen molar-refractivity contribution >= 4 is 16.7 Å². The molecule has 0 saturated carbocycles. The first-order chi connectivity index (χ1) is 18.0. The molecule has 0 radical (unpaired) electrons. The normalized spacial score (nSPS) is 14.1. The number of piperazine rings is 1. The minimum absolute atomic E-state index is 0.118. The van der Waals surface area contributed by atoms with Gasteiger partial charge in [-0.1, -0.05) is 6.07 Å². The van der Waals surface area contributed by atoms with E-state index in [1.165, 1.54) is 0 Å². The van der Waals surface area contributed by atoms with E-state index in [4.69, 9.17) is 18.6 Å². The zero-order valence-electron chi connectivity index (χ0n) is 21.2. The summed E-state index contributed by atoms with van der Waals surface area (Å²) in [5.74, 6) is 2.06. The monoisotopic (exact) mass is 502 g/mol. The van der Waals surface area contributed by atoms with E-state index in [2.05, 4.69) is 21.9 Å². The number of hydrogen-bond acceptors (Lipinski definition) is 8. The molecule has 8 nitrogen and oxygen atoms in total. The van der Waals surface area contributed by atoms with Gasteiger partial charge in [-0.2, -0.15) is 0 Å². The molecule has 1 fully saturated rings. The van der Waals surface area contributed by atoms with Crippen LogP contribution in [-0.4, -0.2) is 57.5 Å². The van der Waals surface area contributed by atoms with Gasteiger partial charge >= 0.3 is 5.63 Å². The van der Waals surface area contributed by atoms with Gasteiger partial charge in [-0.25, -0.2) is 4.79 Å². The molecule has 4 aromatic rings. The molecule has 0 atom stereocenters. The maximum atomic E-state index is 13.0. The smallest absolute Gasteiger partial charge is 0.344 e. The van der Waals surface area contributed by atoms with E-state index in [1.54, 1.807) is 57.7 Å².